The highest BCUT2D eigenvalue weighted by molar-refractivity contribution is 5.97. The molecule has 0 radical (unpaired) electrons. The number of aryl methyl sites for hydroxylation is 2. The third-order valence-electron chi connectivity index (χ3n) is 3.62. The van der Waals surface area contributed by atoms with E-state index in [1.54, 1.807) is 38.3 Å². The second kappa shape index (κ2) is 7.64. The van der Waals surface area contributed by atoms with E-state index in [-0.39, 0.29) is 5.91 Å². The molecule has 5 nitrogen and oxygen atoms in total. The fourth-order valence-electron chi connectivity index (χ4n) is 2.20. The van der Waals surface area contributed by atoms with Crippen molar-refractivity contribution in [1.82, 2.24) is 0 Å². The highest BCUT2D eigenvalue weighted by atomic mass is 16.5. The van der Waals surface area contributed by atoms with E-state index in [1.165, 1.54) is 0 Å². The molecule has 1 unspecified atom stereocenters. The first-order valence-electron chi connectivity index (χ1n) is 7.64. The molecule has 0 aliphatic heterocycles. The summed E-state index contributed by atoms with van der Waals surface area (Å²) in [5, 5.41) is 2.78. The van der Waals surface area contributed by atoms with Gasteiger partial charge in [-0.1, -0.05) is 17.7 Å². The third-order valence-corrected chi connectivity index (χ3v) is 3.62. The van der Waals surface area contributed by atoms with E-state index >= 15 is 0 Å². The number of methoxy groups -OCH3 is 1. The molecule has 0 aliphatic carbocycles. The van der Waals surface area contributed by atoms with Crippen LogP contribution in [0, 0.1) is 13.8 Å². The maximum absolute atomic E-state index is 12.2. The summed E-state index contributed by atoms with van der Waals surface area (Å²) in [6.07, 6.45) is -0.902. The highest BCUT2D eigenvalue weighted by Gasteiger charge is 2.19. The van der Waals surface area contributed by atoms with Gasteiger partial charge in [-0.15, -0.1) is 0 Å². The van der Waals surface area contributed by atoms with Gasteiger partial charge in [0.1, 0.15) is 5.75 Å². The Hall–Kier alpha value is -2.82. The van der Waals surface area contributed by atoms with Gasteiger partial charge in [-0.3, -0.25) is 4.79 Å². The number of benzene rings is 2. The average molecular weight is 327 g/mol. The van der Waals surface area contributed by atoms with E-state index in [0.717, 1.165) is 11.1 Å². The lowest BCUT2D eigenvalue weighted by Gasteiger charge is -2.15. The van der Waals surface area contributed by atoms with Crippen LogP contribution in [-0.2, 0) is 9.53 Å². The molecule has 0 heterocycles. The molecule has 1 atom stereocenters. The van der Waals surface area contributed by atoms with Crippen LogP contribution in [-0.4, -0.2) is 25.1 Å². The van der Waals surface area contributed by atoms with Gasteiger partial charge in [0.25, 0.3) is 5.91 Å². The maximum atomic E-state index is 12.2. The third kappa shape index (κ3) is 4.35. The number of anilines is 1. The molecule has 2 aromatic rings. The topological polar surface area (TPSA) is 64.6 Å². The van der Waals surface area contributed by atoms with Gasteiger partial charge in [-0.2, -0.15) is 0 Å². The molecule has 1 N–H and O–H groups in total. The van der Waals surface area contributed by atoms with Crippen LogP contribution >= 0.6 is 0 Å². The van der Waals surface area contributed by atoms with Crippen molar-refractivity contribution in [2.75, 3.05) is 12.4 Å². The van der Waals surface area contributed by atoms with E-state index in [0.29, 0.717) is 17.0 Å². The quantitative estimate of drug-likeness (QED) is 0.854. The number of carbonyl (C=O) groups is 2. The van der Waals surface area contributed by atoms with Crippen LogP contribution in [0.4, 0.5) is 5.69 Å². The van der Waals surface area contributed by atoms with Crippen molar-refractivity contribution in [3.63, 3.8) is 0 Å². The molecular weight excluding hydrogens is 306 g/mol. The number of esters is 1. The van der Waals surface area contributed by atoms with Crippen LogP contribution in [0.2, 0.25) is 0 Å². The minimum atomic E-state index is -0.902. The first-order valence-corrected chi connectivity index (χ1v) is 7.64. The zero-order chi connectivity index (χ0) is 17.7. The van der Waals surface area contributed by atoms with Gasteiger partial charge in [0, 0.05) is 5.69 Å². The minimum Gasteiger partial charge on any atom is -0.497 e. The van der Waals surface area contributed by atoms with Crippen molar-refractivity contribution in [2.45, 2.75) is 26.9 Å². The van der Waals surface area contributed by atoms with Crippen molar-refractivity contribution in [1.29, 1.82) is 0 Å². The van der Waals surface area contributed by atoms with Crippen molar-refractivity contribution >= 4 is 17.6 Å². The first kappa shape index (κ1) is 17.5. The predicted molar refractivity (Wildman–Crippen MR) is 92.4 cm³/mol. The van der Waals surface area contributed by atoms with E-state index in [4.69, 9.17) is 9.47 Å². The van der Waals surface area contributed by atoms with Gasteiger partial charge in [-0.25, -0.2) is 4.79 Å². The predicted octanol–water partition coefficient (Wildman–Crippen LogP) is 3.50. The Balaban J connectivity index is 1.98. The number of carbonyl (C=O) groups excluding carboxylic acids is 2. The van der Waals surface area contributed by atoms with Gasteiger partial charge in [0.2, 0.25) is 0 Å². The molecule has 2 rings (SSSR count). The fraction of sp³-hybridized carbons (Fsp3) is 0.263. The number of rotatable bonds is 5. The summed E-state index contributed by atoms with van der Waals surface area (Å²) in [5.41, 5.74) is 3.14. The number of nitrogens with one attached hydrogen (secondary N) is 1. The van der Waals surface area contributed by atoms with Crippen LogP contribution in [0.15, 0.2) is 42.5 Å². The Morgan fingerprint density at radius 2 is 1.71 bits per heavy atom. The summed E-state index contributed by atoms with van der Waals surface area (Å²) in [5.74, 6) is -0.281. The van der Waals surface area contributed by atoms with E-state index in [1.807, 2.05) is 32.0 Å². The zero-order valence-electron chi connectivity index (χ0n) is 14.3. The summed E-state index contributed by atoms with van der Waals surface area (Å²) in [7, 11) is 1.55. The van der Waals surface area contributed by atoms with E-state index in [2.05, 4.69) is 5.32 Å². The number of hydrogen-bond donors (Lipinski definition) is 1. The summed E-state index contributed by atoms with van der Waals surface area (Å²) in [4.78, 5) is 24.3. The lowest BCUT2D eigenvalue weighted by atomic mass is 10.1. The Morgan fingerprint density at radius 1 is 1.04 bits per heavy atom. The lowest BCUT2D eigenvalue weighted by molar-refractivity contribution is -0.123. The SMILES string of the molecule is COc1ccc(C(=O)OC(C)C(=O)Nc2ccc(C)cc2C)cc1. The fourth-order valence-corrected chi connectivity index (χ4v) is 2.20. The molecule has 0 aliphatic rings. The molecule has 24 heavy (non-hydrogen) atoms. The summed E-state index contributed by atoms with van der Waals surface area (Å²) >= 11 is 0. The minimum absolute atomic E-state index is 0.363. The smallest absolute Gasteiger partial charge is 0.338 e. The van der Waals surface area contributed by atoms with Gasteiger partial charge < -0.3 is 14.8 Å². The summed E-state index contributed by atoms with van der Waals surface area (Å²) in [6.45, 7) is 5.44. The number of ether oxygens (including phenoxy) is 2. The van der Waals surface area contributed by atoms with Gasteiger partial charge >= 0.3 is 5.97 Å². The van der Waals surface area contributed by atoms with Crippen LogP contribution in [0.3, 0.4) is 0 Å². The molecular formula is C19H21NO4. The molecule has 0 saturated carbocycles. The highest BCUT2D eigenvalue weighted by Crippen LogP contribution is 2.17. The van der Waals surface area contributed by atoms with E-state index in [9.17, 15) is 9.59 Å². The molecule has 2 aromatic carbocycles. The largest absolute Gasteiger partial charge is 0.497 e. The molecule has 0 saturated heterocycles. The van der Waals surface area contributed by atoms with Crippen molar-refractivity contribution < 1.29 is 19.1 Å². The standard InChI is InChI=1S/C19H21NO4/c1-12-5-10-17(13(2)11-12)20-18(21)14(3)24-19(22)15-6-8-16(23-4)9-7-15/h5-11,14H,1-4H3,(H,20,21). The molecule has 0 bridgehead atoms. The van der Waals surface area contributed by atoms with Crippen LogP contribution in [0.25, 0.3) is 0 Å². The molecule has 5 heteroatoms. The van der Waals surface area contributed by atoms with E-state index < -0.39 is 12.1 Å². The lowest BCUT2D eigenvalue weighted by Crippen LogP contribution is -2.30. The molecule has 0 aromatic heterocycles. The molecule has 126 valence electrons. The molecule has 1 amide bonds. The van der Waals surface area contributed by atoms with Gasteiger partial charge in [0.05, 0.1) is 12.7 Å². The second-order valence-electron chi connectivity index (χ2n) is 5.58. The monoisotopic (exact) mass is 327 g/mol. The zero-order valence-corrected chi connectivity index (χ0v) is 14.3. The number of amides is 1. The second-order valence-corrected chi connectivity index (χ2v) is 5.58. The van der Waals surface area contributed by atoms with Crippen molar-refractivity contribution in [2.24, 2.45) is 0 Å². The Bertz CT molecular complexity index is 738. The van der Waals surface area contributed by atoms with Gasteiger partial charge in [0.15, 0.2) is 6.10 Å². The summed E-state index contributed by atoms with van der Waals surface area (Å²) in [6, 6.07) is 12.2. The van der Waals surface area contributed by atoms with Crippen LogP contribution in [0.5, 0.6) is 5.75 Å². The van der Waals surface area contributed by atoms with Crippen molar-refractivity contribution in [3.8, 4) is 5.75 Å². The number of hydrogen-bond acceptors (Lipinski definition) is 4. The molecule has 0 spiro atoms. The first-order chi connectivity index (χ1) is 11.4. The normalized spacial score (nSPS) is 11.5. The average Bonchev–Trinajstić information content (AvgIpc) is 2.57. The van der Waals surface area contributed by atoms with Gasteiger partial charge in [-0.05, 0) is 56.7 Å². The molecule has 0 fully saturated rings. The van der Waals surface area contributed by atoms with Crippen molar-refractivity contribution in [3.05, 3.63) is 59.2 Å². The Morgan fingerprint density at radius 3 is 2.29 bits per heavy atom. The Kier molecular flexibility index (Phi) is 5.58. The maximum Gasteiger partial charge on any atom is 0.338 e. The van der Waals surface area contributed by atoms with Crippen LogP contribution in [0.1, 0.15) is 28.4 Å². The Labute approximate surface area is 141 Å². The summed E-state index contributed by atoms with van der Waals surface area (Å²) < 4.78 is 10.3. The van der Waals surface area contributed by atoms with Crippen LogP contribution < -0.4 is 10.1 Å².